The summed E-state index contributed by atoms with van der Waals surface area (Å²) in [6, 6.07) is 0. The molecule has 0 aromatic heterocycles. The maximum atomic E-state index is 10.00. The molecule has 0 saturated carbocycles. The molecule has 2 fully saturated rings. The van der Waals surface area contributed by atoms with Crippen LogP contribution in [0.25, 0.3) is 0 Å². The molecule has 2 aliphatic heterocycles. The van der Waals surface area contributed by atoms with E-state index in [1.165, 1.54) is 0 Å². The van der Waals surface area contributed by atoms with Gasteiger partial charge in [0.05, 0.1) is 13.2 Å². The van der Waals surface area contributed by atoms with Gasteiger partial charge < -0.3 is 65.5 Å². The molecule has 2 rings (SSSR count). The van der Waals surface area contributed by atoms with Gasteiger partial charge in [-0.3, -0.25) is 0 Å². The van der Waals surface area contributed by atoms with Crippen LogP contribution >= 0.6 is 0 Å². The van der Waals surface area contributed by atoms with Gasteiger partial charge in [-0.05, 0) is 0 Å². The molecule has 0 amide bonds. The fraction of sp³-hybridized carbons (Fsp3) is 1.00. The lowest BCUT2D eigenvalue weighted by Gasteiger charge is -2.43. The molecule has 0 unspecified atom stereocenters. The van der Waals surface area contributed by atoms with Gasteiger partial charge in [0.1, 0.15) is 49.3 Å². The number of aliphatic hydroxyl groups excluding tert-OH is 8. The summed E-state index contributed by atoms with van der Waals surface area (Å²) in [5.41, 5.74) is 0. The molecule has 2 heterocycles. The van der Waals surface area contributed by atoms with Gasteiger partial charge in [0.25, 0.3) is 10.2 Å². The summed E-state index contributed by atoms with van der Waals surface area (Å²) in [5, 5.41) is 104. The third kappa shape index (κ3) is 7.86. The van der Waals surface area contributed by atoms with E-state index in [1.54, 1.807) is 0 Å². The summed E-state index contributed by atoms with van der Waals surface area (Å²) in [4.78, 5) is 16.7. The van der Waals surface area contributed by atoms with Crippen LogP contribution in [-0.2, 0) is 14.2 Å². The minimum absolute atomic E-state index is 0.669. The molecule has 31 heavy (non-hydrogen) atoms. The van der Waals surface area contributed by atoms with Crippen molar-refractivity contribution in [2.24, 2.45) is 0 Å². The van der Waals surface area contributed by atoms with Crippen molar-refractivity contribution in [2.45, 2.75) is 54.8 Å². The van der Waals surface area contributed by atoms with Gasteiger partial charge >= 0.3 is 0 Å². The Morgan fingerprint density at radius 1 is 0.806 bits per heavy atom. The molecule has 0 aliphatic carbocycles. The molecule has 10 N–H and O–H groups in total. The predicted molar refractivity (Wildman–Crippen MR) is 86.2 cm³/mol. The minimum atomic E-state index is -2.22. The quantitative estimate of drug-likeness (QED) is 0.132. The van der Waals surface area contributed by atoms with Crippen LogP contribution in [0.5, 0.6) is 0 Å². The predicted octanol–water partition coefficient (Wildman–Crippen LogP) is -6.09. The second-order valence-corrected chi connectivity index (χ2v) is 6.04. The first-order valence-electron chi connectivity index (χ1n) is 8.18. The molecule has 19 heteroatoms. The number of ether oxygens (including phenoxy) is 3. The standard InChI is InChI=1S/C12H22O11.2HNO3/c13-1-4-6(16)8(18)9(19)11(21-4)23-12(3-15)10(20)7(17)5(2-14)22-12;2*2-1(3)4/h4-11,13-20H,1-3H2;2*(H,2,3,4)/t4-,5-,6-,7-,8+,9-,10+,11-,12+;;/m1../s1. The summed E-state index contributed by atoms with van der Waals surface area (Å²) in [6.45, 7) is -2.32. The van der Waals surface area contributed by atoms with E-state index < -0.39 is 84.8 Å². The van der Waals surface area contributed by atoms with Gasteiger partial charge in [0.2, 0.25) is 5.79 Å². The summed E-state index contributed by atoms with van der Waals surface area (Å²) >= 11 is 0. The van der Waals surface area contributed by atoms with Gasteiger partial charge in [0, 0.05) is 0 Å². The molecule has 184 valence electrons. The molecule has 0 aromatic rings. The summed E-state index contributed by atoms with van der Waals surface area (Å²) in [7, 11) is 0. The number of nitrogens with zero attached hydrogens (tertiary/aromatic N) is 2. The fourth-order valence-corrected chi connectivity index (χ4v) is 2.63. The highest BCUT2D eigenvalue weighted by Crippen LogP contribution is 2.35. The SMILES string of the molecule is O=[N+]([O-])O.O=[N+]([O-])O.OC[C@H]1O[C@@](CO)(O[C@H]2O[C@H](CO)[C@@H](O)[C@H](O)[C@H]2O)[C@@H](O)[C@@H]1O. The Morgan fingerprint density at radius 2 is 1.26 bits per heavy atom. The second-order valence-electron chi connectivity index (χ2n) is 6.04. The first kappa shape index (κ1) is 29.0. The number of rotatable bonds is 5. The Balaban J connectivity index is 0.000000967. The highest BCUT2D eigenvalue weighted by molar-refractivity contribution is 4.98. The van der Waals surface area contributed by atoms with Crippen molar-refractivity contribution in [2.75, 3.05) is 19.8 Å². The van der Waals surface area contributed by atoms with Crippen LogP contribution in [0, 0.1) is 20.2 Å². The number of hydrogen-bond acceptors (Lipinski definition) is 15. The Labute approximate surface area is 171 Å². The van der Waals surface area contributed by atoms with Gasteiger partial charge in [-0.25, -0.2) is 0 Å². The number of aliphatic hydroxyl groups is 8. The van der Waals surface area contributed by atoms with Gasteiger partial charge in [-0.15, -0.1) is 20.2 Å². The smallest absolute Gasteiger partial charge is 0.291 e. The van der Waals surface area contributed by atoms with E-state index in [0.717, 1.165) is 0 Å². The van der Waals surface area contributed by atoms with E-state index in [2.05, 4.69) is 0 Å². The van der Waals surface area contributed by atoms with Crippen LogP contribution in [0.2, 0.25) is 0 Å². The summed E-state index contributed by atoms with van der Waals surface area (Å²) < 4.78 is 15.4. The zero-order chi connectivity index (χ0) is 24.5. The van der Waals surface area contributed by atoms with E-state index in [-0.39, 0.29) is 0 Å². The average molecular weight is 468 g/mol. The van der Waals surface area contributed by atoms with E-state index in [0.29, 0.717) is 0 Å². The van der Waals surface area contributed by atoms with Crippen molar-refractivity contribution in [3.05, 3.63) is 20.2 Å². The Hall–Kier alpha value is -2.04. The number of hydrogen-bond donors (Lipinski definition) is 10. The molecule has 9 atom stereocenters. The molecular weight excluding hydrogens is 444 g/mol. The van der Waals surface area contributed by atoms with Gasteiger partial charge in [0.15, 0.2) is 6.29 Å². The topological polar surface area (TPSA) is 316 Å². The van der Waals surface area contributed by atoms with Crippen LogP contribution in [0.3, 0.4) is 0 Å². The maximum absolute atomic E-state index is 10.00. The van der Waals surface area contributed by atoms with Crippen molar-refractivity contribution in [3.63, 3.8) is 0 Å². The van der Waals surface area contributed by atoms with E-state index in [4.69, 9.17) is 55.1 Å². The van der Waals surface area contributed by atoms with Crippen LogP contribution < -0.4 is 0 Å². The van der Waals surface area contributed by atoms with Crippen molar-refractivity contribution in [1.29, 1.82) is 0 Å². The third-order valence-corrected chi connectivity index (χ3v) is 4.07. The lowest BCUT2D eigenvalue weighted by atomic mass is 9.99. The van der Waals surface area contributed by atoms with Crippen molar-refractivity contribution < 1.29 is 75.7 Å². The average Bonchev–Trinajstić information content (AvgIpc) is 2.92. The van der Waals surface area contributed by atoms with Crippen LogP contribution in [-0.4, -0.2) is 136 Å². The summed E-state index contributed by atoms with van der Waals surface area (Å²) in [6.07, 6.45) is -12.7. The third-order valence-electron chi connectivity index (χ3n) is 4.07. The molecule has 2 aliphatic rings. The van der Waals surface area contributed by atoms with Crippen LogP contribution in [0.15, 0.2) is 0 Å². The van der Waals surface area contributed by atoms with Crippen molar-refractivity contribution in [1.82, 2.24) is 0 Å². The lowest BCUT2D eigenvalue weighted by Crippen LogP contribution is -2.62. The highest BCUT2D eigenvalue weighted by Gasteiger charge is 2.58. The Bertz CT molecular complexity index is 545. The minimum Gasteiger partial charge on any atom is -0.394 e. The first-order chi connectivity index (χ1) is 14.3. The maximum Gasteiger partial charge on any atom is 0.291 e. The molecule has 0 spiro atoms. The lowest BCUT2D eigenvalue weighted by molar-refractivity contribution is -0.742. The Kier molecular flexibility index (Phi) is 11.9. The van der Waals surface area contributed by atoms with Gasteiger partial charge in [-0.2, -0.15) is 0 Å². The molecule has 0 radical (unpaired) electrons. The first-order valence-corrected chi connectivity index (χ1v) is 8.18. The Morgan fingerprint density at radius 3 is 1.61 bits per heavy atom. The zero-order valence-electron chi connectivity index (χ0n) is 15.5. The van der Waals surface area contributed by atoms with E-state index >= 15 is 0 Å². The molecule has 0 aromatic carbocycles. The summed E-state index contributed by atoms with van der Waals surface area (Å²) in [5.74, 6) is -2.22. The molecular formula is C12H24N2O17. The zero-order valence-corrected chi connectivity index (χ0v) is 15.5. The fourth-order valence-electron chi connectivity index (χ4n) is 2.63. The second kappa shape index (κ2) is 12.7. The van der Waals surface area contributed by atoms with Crippen LogP contribution in [0.1, 0.15) is 0 Å². The van der Waals surface area contributed by atoms with Crippen molar-refractivity contribution in [3.8, 4) is 0 Å². The van der Waals surface area contributed by atoms with E-state index in [1.807, 2.05) is 0 Å². The molecule has 19 nitrogen and oxygen atoms in total. The molecule has 2 saturated heterocycles. The van der Waals surface area contributed by atoms with Gasteiger partial charge in [-0.1, -0.05) is 0 Å². The highest BCUT2D eigenvalue weighted by atomic mass is 16.9. The van der Waals surface area contributed by atoms with E-state index in [9.17, 15) is 30.6 Å². The van der Waals surface area contributed by atoms with Crippen LogP contribution in [0.4, 0.5) is 0 Å². The largest absolute Gasteiger partial charge is 0.394 e. The monoisotopic (exact) mass is 468 g/mol. The van der Waals surface area contributed by atoms with Crippen molar-refractivity contribution >= 4 is 0 Å². The normalized spacial score (nSPS) is 39.5. The molecule has 0 bridgehead atoms.